The largest absolute Gasteiger partial charge is 0.354 e. The SMILES string of the molecule is Cc1nn(-c2ccc(F)cc2)c(C)c1CC(=O)NC1CCCC(C(=O)NC(C)C)C1. The first-order chi connectivity index (χ1) is 14.2. The van der Waals surface area contributed by atoms with E-state index in [2.05, 4.69) is 15.7 Å². The van der Waals surface area contributed by atoms with Gasteiger partial charge in [-0.25, -0.2) is 9.07 Å². The molecule has 0 radical (unpaired) electrons. The summed E-state index contributed by atoms with van der Waals surface area (Å²) in [5.41, 5.74) is 3.29. The number of nitrogens with zero attached hydrogens (tertiary/aromatic N) is 2. The van der Waals surface area contributed by atoms with Crippen molar-refractivity contribution in [1.82, 2.24) is 20.4 Å². The van der Waals surface area contributed by atoms with E-state index >= 15 is 0 Å². The molecule has 162 valence electrons. The van der Waals surface area contributed by atoms with Crippen molar-refractivity contribution in [2.24, 2.45) is 5.92 Å². The van der Waals surface area contributed by atoms with E-state index in [0.29, 0.717) is 6.42 Å². The molecule has 1 fully saturated rings. The lowest BCUT2D eigenvalue weighted by molar-refractivity contribution is -0.128. The molecule has 1 saturated carbocycles. The van der Waals surface area contributed by atoms with E-state index in [1.165, 1.54) is 12.1 Å². The molecule has 3 rings (SSSR count). The Morgan fingerprint density at radius 1 is 1.20 bits per heavy atom. The van der Waals surface area contributed by atoms with Crippen molar-refractivity contribution in [3.05, 3.63) is 47.0 Å². The van der Waals surface area contributed by atoms with Gasteiger partial charge in [0.25, 0.3) is 0 Å². The van der Waals surface area contributed by atoms with Gasteiger partial charge in [-0.05, 0) is 71.2 Å². The molecule has 1 aliphatic carbocycles. The lowest BCUT2D eigenvalue weighted by Gasteiger charge is -2.29. The summed E-state index contributed by atoms with van der Waals surface area (Å²) in [6, 6.07) is 6.27. The minimum absolute atomic E-state index is 0.0157. The molecule has 0 aliphatic heterocycles. The minimum atomic E-state index is -0.298. The van der Waals surface area contributed by atoms with Crippen molar-refractivity contribution in [1.29, 1.82) is 0 Å². The van der Waals surface area contributed by atoms with Crippen LogP contribution in [0.15, 0.2) is 24.3 Å². The standard InChI is InChI=1S/C23H31FN4O2/c1-14(2)25-23(30)17-6-5-7-19(12-17)26-22(29)13-21-15(3)27-28(16(21)4)20-10-8-18(24)9-11-20/h8-11,14,17,19H,5-7,12-13H2,1-4H3,(H,25,30)(H,26,29). The fourth-order valence-corrected chi connectivity index (χ4v) is 4.17. The average molecular weight is 415 g/mol. The van der Waals surface area contributed by atoms with Gasteiger partial charge in [0.05, 0.1) is 17.8 Å². The number of aryl methyl sites for hydroxylation is 1. The van der Waals surface area contributed by atoms with Gasteiger partial charge >= 0.3 is 0 Å². The second-order valence-electron chi connectivity index (χ2n) is 8.51. The molecule has 6 nitrogen and oxygen atoms in total. The predicted octanol–water partition coefficient (Wildman–Crippen LogP) is 3.37. The van der Waals surface area contributed by atoms with Crippen LogP contribution in [0, 0.1) is 25.6 Å². The molecule has 30 heavy (non-hydrogen) atoms. The maximum Gasteiger partial charge on any atom is 0.224 e. The van der Waals surface area contributed by atoms with Crippen molar-refractivity contribution in [2.75, 3.05) is 0 Å². The number of carbonyl (C=O) groups is 2. The molecule has 2 aromatic rings. The summed E-state index contributed by atoms with van der Waals surface area (Å²) in [6.45, 7) is 7.70. The Hall–Kier alpha value is -2.70. The first-order valence-corrected chi connectivity index (χ1v) is 10.7. The Labute approximate surface area is 177 Å². The second kappa shape index (κ2) is 9.41. The quantitative estimate of drug-likeness (QED) is 0.761. The van der Waals surface area contributed by atoms with Gasteiger partial charge in [0, 0.05) is 29.3 Å². The number of amides is 2. The smallest absolute Gasteiger partial charge is 0.224 e. The molecule has 1 aromatic carbocycles. The van der Waals surface area contributed by atoms with Gasteiger partial charge in [-0.3, -0.25) is 9.59 Å². The number of aromatic nitrogens is 2. The average Bonchev–Trinajstić information content (AvgIpc) is 2.96. The first-order valence-electron chi connectivity index (χ1n) is 10.7. The maximum absolute atomic E-state index is 13.2. The zero-order valence-electron chi connectivity index (χ0n) is 18.2. The molecule has 0 saturated heterocycles. The highest BCUT2D eigenvalue weighted by molar-refractivity contribution is 5.81. The second-order valence-corrected chi connectivity index (χ2v) is 8.51. The molecule has 1 aromatic heterocycles. The molecule has 0 spiro atoms. The van der Waals surface area contributed by atoms with Crippen LogP contribution < -0.4 is 10.6 Å². The monoisotopic (exact) mass is 414 g/mol. The predicted molar refractivity (Wildman–Crippen MR) is 114 cm³/mol. The van der Waals surface area contributed by atoms with Crippen LogP contribution in [0.25, 0.3) is 5.69 Å². The maximum atomic E-state index is 13.2. The molecule has 2 atom stereocenters. The van der Waals surface area contributed by atoms with Crippen molar-refractivity contribution >= 4 is 11.8 Å². The van der Waals surface area contributed by atoms with E-state index in [1.807, 2.05) is 27.7 Å². The zero-order valence-corrected chi connectivity index (χ0v) is 18.2. The van der Waals surface area contributed by atoms with Crippen LogP contribution in [0.2, 0.25) is 0 Å². The van der Waals surface area contributed by atoms with Crippen molar-refractivity contribution < 1.29 is 14.0 Å². The highest BCUT2D eigenvalue weighted by atomic mass is 19.1. The summed E-state index contributed by atoms with van der Waals surface area (Å²) in [7, 11) is 0. The summed E-state index contributed by atoms with van der Waals surface area (Å²) in [6.07, 6.45) is 3.61. The third-order valence-electron chi connectivity index (χ3n) is 5.69. The van der Waals surface area contributed by atoms with Gasteiger partial charge in [-0.15, -0.1) is 0 Å². The third kappa shape index (κ3) is 5.26. The van der Waals surface area contributed by atoms with Crippen LogP contribution >= 0.6 is 0 Å². The highest BCUT2D eigenvalue weighted by Gasteiger charge is 2.28. The number of rotatable bonds is 6. The Balaban J connectivity index is 1.63. The molecule has 0 bridgehead atoms. The van der Waals surface area contributed by atoms with E-state index in [0.717, 1.165) is 41.9 Å². The molecule has 2 amide bonds. The Morgan fingerprint density at radius 3 is 2.57 bits per heavy atom. The highest BCUT2D eigenvalue weighted by Crippen LogP contribution is 2.25. The topological polar surface area (TPSA) is 76.0 Å². The van der Waals surface area contributed by atoms with Crippen LogP contribution in [0.1, 0.15) is 56.5 Å². The fraction of sp³-hybridized carbons (Fsp3) is 0.522. The molecule has 2 N–H and O–H groups in total. The van der Waals surface area contributed by atoms with E-state index in [1.54, 1.807) is 16.8 Å². The summed E-state index contributed by atoms with van der Waals surface area (Å²) < 4.78 is 15.0. The number of nitrogens with one attached hydrogen (secondary N) is 2. The number of halogens is 1. The van der Waals surface area contributed by atoms with Gasteiger partial charge < -0.3 is 10.6 Å². The summed E-state index contributed by atoms with van der Waals surface area (Å²) >= 11 is 0. The molecular weight excluding hydrogens is 383 g/mol. The van der Waals surface area contributed by atoms with Crippen LogP contribution in [0.5, 0.6) is 0 Å². The minimum Gasteiger partial charge on any atom is -0.354 e. The van der Waals surface area contributed by atoms with Gasteiger partial charge in [0.2, 0.25) is 11.8 Å². The van der Waals surface area contributed by atoms with Gasteiger partial charge in [0.1, 0.15) is 5.82 Å². The van der Waals surface area contributed by atoms with Crippen LogP contribution in [0.4, 0.5) is 4.39 Å². The lowest BCUT2D eigenvalue weighted by Crippen LogP contribution is -2.44. The van der Waals surface area contributed by atoms with Crippen LogP contribution in [-0.4, -0.2) is 33.7 Å². The number of carbonyl (C=O) groups excluding carboxylic acids is 2. The van der Waals surface area contributed by atoms with Gasteiger partial charge in [-0.2, -0.15) is 5.10 Å². The molecule has 1 heterocycles. The Bertz CT molecular complexity index is 905. The van der Waals surface area contributed by atoms with E-state index in [4.69, 9.17) is 0 Å². The Morgan fingerprint density at radius 2 is 1.90 bits per heavy atom. The van der Waals surface area contributed by atoms with Crippen molar-refractivity contribution in [2.45, 2.75) is 71.9 Å². The zero-order chi connectivity index (χ0) is 21.8. The normalized spacial score (nSPS) is 19.0. The number of benzene rings is 1. The van der Waals surface area contributed by atoms with E-state index in [9.17, 15) is 14.0 Å². The third-order valence-corrected chi connectivity index (χ3v) is 5.69. The van der Waals surface area contributed by atoms with Crippen LogP contribution in [-0.2, 0) is 16.0 Å². The van der Waals surface area contributed by atoms with E-state index in [-0.39, 0.29) is 42.1 Å². The molecule has 1 aliphatic rings. The van der Waals surface area contributed by atoms with E-state index < -0.39 is 0 Å². The lowest BCUT2D eigenvalue weighted by atomic mass is 9.85. The first kappa shape index (κ1) is 22.0. The van der Waals surface area contributed by atoms with Crippen molar-refractivity contribution in [3.8, 4) is 5.69 Å². The van der Waals surface area contributed by atoms with Crippen molar-refractivity contribution in [3.63, 3.8) is 0 Å². The van der Waals surface area contributed by atoms with Gasteiger partial charge in [-0.1, -0.05) is 6.42 Å². The summed E-state index contributed by atoms with van der Waals surface area (Å²) in [5.74, 6) is -0.324. The fourth-order valence-electron chi connectivity index (χ4n) is 4.17. The molecule has 7 heteroatoms. The molecular formula is C23H31FN4O2. The van der Waals surface area contributed by atoms with Crippen LogP contribution in [0.3, 0.4) is 0 Å². The van der Waals surface area contributed by atoms with Gasteiger partial charge in [0.15, 0.2) is 0 Å². The molecule has 2 unspecified atom stereocenters. The Kier molecular flexibility index (Phi) is 6.90. The summed E-state index contributed by atoms with van der Waals surface area (Å²) in [5, 5.41) is 10.6. The summed E-state index contributed by atoms with van der Waals surface area (Å²) in [4.78, 5) is 25.1. The number of hydrogen-bond acceptors (Lipinski definition) is 3. The number of hydrogen-bond donors (Lipinski definition) is 2.